The fourth-order valence-corrected chi connectivity index (χ4v) is 5.75. The van der Waals surface area contributed by atoms with E-state index in [1.165, 1.54) is 21.5 Å². The minimum atomic E-state index is 0.633. The first kappa shape index (κ1) is 24.2. The number of rotatable bonds is 5. The predicted octanol–water partition coefficient (Wildman–Crippen LogP) is 10.9. The van der Waals surface area contributed by atoms with Crippen LogP contribution in [-0.2, 0) is 0 Å². The van der Waals surface area contributed by atoms with Crippen LogP contribution >= 0.6 is 0 Å². The summed E-state index contributed by atoms with van der Waals surface area (Å²) in [7, 11) is 0. The second-order valence-electron chi connectivity index (χ2n) is 10.5. The van der Waals surface area contributed by atoms with Crippen molar-refractivity contribution in [3.05, 3.63) is 158 Å². The molecular formula is C39H26N2O. The first-order valence-corrected chi connectivity index (χ1v) is 14.1. The summed E-state index contributed by atoms with van der Waals surface area (Å²) in [6, 6.07) is 55.2. The zero-order valence-corrected chi connectivity index (χ0v) is 22.8. The van der Waals surface area contributed by atoms with Crippen molar-refractivity contribution < 1.29 is 4.42 Å². The number of aromatic nitrogens is 1. The van der Waals surface area contributed by atoms with Crippen molar-refractivity contribution in [1.82, 2.24) is 4.98 Å². The van der Waals surface area contributed by atoms with Crippen molar-refractivity contribution in [2.24, 2.45) is 0 Å². The maximum Gasteiger partial charge on any atom is 0.227 e. The predicted molar refractivity (Wildman–Crippen MR) is 175 cm³/mol. The molecule has 3 nitrogen and oxygen atoms in total. The molecular weight excluding hydrogens is 512 g/mol. The van der Waals surface area contributed by atoms with Gasteiger partial charge in [-0.05, 0) is 81.7 Å². The minimum absolute atomic E-state index is 0.633. The minimum Gasteiger partial charge on any atom is -0.435 e. The van der Waals surface area contributed by atoms with Gasteiger partial charge in [-0.25, -0.2) is 4.98 Å². The van der Waals surface area contributed by atoms with Crippen molar-refractivity contribution in [2.45, 2.75) is 0 Å². The van der Waals surface area contributed by atoms with Crippen LogP contribution in [0.2, 0.25) is 0 Å². The third-order valence-corrected chi connectivity index (χ3v) is 7.85. The van der Waals surface area contributed by atoms with Gasteiger partial charge in [-0.15, -0.1) is 0 Å². The van der Waals surface area contributed by atoms with E-state index >= 15 is 0 Å². The Bertz CT molecular complexity index is 2120. The van der Waals surface area contributed by atoms with E-state index < -0.39 is 0 Å². The summed E-state index contributed by atoms with van der Waals surface area (Å²) in [5.41, 5.74) is 8.03. The maximum atomic E-state index is 6.32. The Morgan fingerprint density at radius 3 is 1.64 bits per heavy atom. The van der Waals surface area contributed by atoms with E-state index in [9.17, 15) is 0 Å². The van der Waals surface area contributed by atoms with Gasteiger partial charge in [0.15, 0.2) is 5.58 Å². The van der Waals surface area contributed by atoms with Crippen LogP contribution in [0.1, 0.15) is 0 Å². The van der Waals surface area contributed by atoms with Crippen molar-refractivity contribution >= 4 is 49.7 Å². The number of benzene rings is 7. The zero-order valence-electron chi connectivity index (χ0n) is 22.8. The summed E-state index contributed by atoms with van der Waals surface area (Å²) >= 11 is 0. The van der Waals surface area contributed by atoms with Gasteiger partial charge in [-0.1, -0.05) is 103 Å². The van der Waals surface area contributed by atoms with Gasteiger partial charge < -0.3 is 9.32 Å². The fourth-order valence-electron chi connectivity index (χ4n) is 5.75. The lowest BCUT2D eigenvalue weighted by molar-refractivity contribution is 0.621. The van der Waals surface area contributed by atoms with Gasteiger partial charge in [-0.2, -0.15) is 0 Å². The molecule has 1 aromatic heterocycles. The van der Waals surface area contributed by atoms with Crippen LogP contribution in [-0.4, -0.2) is 4.98 Å². The van der Waals surface area contributed by atoms with Gasteiger partial charge in [0.1, 0.15) is 5.52 Å². The fraction of sp³-hybridized carbons (Fsp3) is 0. The lowest BCUT2D eigenvalue weighted by Gasteiger charge is -2.26. The Morgan fingerprint density at radius 1 is 0.429 bits per heavy atom. The summed E-state index contributed by atoms with van der Waals surface area (Å²) < 4.78 is 6.32. The molecule has 0 amide bonds. The van der Waals surface area contributed by atoms with E-state index in [-0.39, 0.29) is 0 Å². The first-order chi connectivity index (χ1) is 20.8. The number of fused-ring (bicyclic) bond motifs is 3. The average Bonchev–Trinajstić information content (AvgIpc) is 3.51. The van der Waals surface area contributed by atoms with Gasteiger partial charge >= 0.3 is 0 Å². The van der Waals surface area contributed by atoms with Gasteiger partial charge in [0, 0.05) is 28.2 Å². The van der Waals surface area contributed by atoms with Gasteiger partial charge in [0.2, 0.25) is 5.89 Å². The third kappa shape index (κ3) is 4.29. The maximum absolute atomic E-state index is 6.32. The van der Waals surface area contributed by atoms with Gasteiger partial charge in [-0.3, -0.25) is 0 Å². The molecule has 8 aromatic rings. The largest absolute Gasteiger partial charge is 0.435 e. The van der Waals surface area contributed by atoms with Crippen LogP contribution in [0.4, 0.5) is 17.1 Å². The molecule has 7 aromatic carbocycles. The summed E-state index contributed by atoms with van der Waals surface area (Å²) in [6.07, 6.45) is 0. The van der Waals surface area contributed by atoms with Gasteiger partial charge in [0.05, 0.1) is 0 Å². The third-order valence-electron chi connectivity index (χ3n) is 7.85. The first-order valence-electron chi connectivity index (χ1n) is 14.1. The Labute approximate surface area is 243 Å². The van der Waals surface area contributed by atoms with E-state index in [2.05, 4.69) is 120 Å². The monoisotopic (exact) mass is 538 g/mol. The smallest absolute Gasteiger partial charge is 0.227 e. The molecule has 0 atom stereocenters. The molecule has 3 heteroatoms. The number of oxazole rings is 1. The molecule has 0 aliphatic rings. The van der Waals surface area contributed by atoms with Crippen LogP contribution in [0.5, 0.6) is 0 Å². The second-order valence-corrected chi connectivity index (χ2v) is 10.5. The molecule has 1 heterocycles. The molecule has 0 fully saturated rings. The molecule has 0 bridgehead atoms. The summed E-state index contributed by atoms with van der Waals surface area (Å²) in [5.74, 6) is 0.633. The van der Waals surface area contributed by atoms with E-state index in [0.29, 0.717) is 5.89 Å². The molecule has 0 aliphatic carbocycles. The van der Waals surface area contributed by atoms with Crippen molar-refractivity contribution in [1.29, 1.82) is 0 Å². The van der Waals surface area contributed by atoms with Crippen LogP contribution in [0, 0.1) is 0 Å². The molecule has 0 spiro atoms. The molecule has 0 aliphatic heterocycles. The lowest BCUT2D eigenvalue weighted by Crippen LogP contribution is -2.09. The van der Waals surface area contributed by atoms with Gasteiger partial charge in [0.25, 0.3) is 0 Å². The van der Waals surface area contributed by atoms with E-state index in [0.717, 1.165) is 44.9 Å². The molecule has 42 heavy (non-hydrogen) atoms. The quantitative estimate of drug-likeness (QED) is 0.218. The highest BCUT2D eigenvalue weighted by atomic mass is 16.3. The molecule has 8 rings (SSSR count). The number of hydrogen-bond donors (Lipinski definition) is 0. The highest BCUT2D eigenvalue weighted by Gasteiger charge is 2.16. The summed E-state index contributed by atoms with van der Waals surface area (Å²) in [6.45, 7) is 0. The van der Waals surface area contributed by atoms with Crippen molar-refractivity contribution in [2.75, 3.05) is 4.90 Å². The average molecular weight is 539 g/mol. The second kappa shape index (κ2) is 10.1. The Hall–Kier alpha value is -5.67. The SMILES string of the molecule is c1ccc(-c2nc3cccc(-c4ccc(N(c5ccc6ccccc6c5)c5ccc6ccccc6c5)cc4)c3o2)cc1. The zero-order chi connectivity index (χ0) is 27.9. The highest BCUT2D eigenvalue weighted by Crippen LogP contribution is 2.39. The topological polar surface area (TPSA) is 29.3 Å². The highest BCUT2D eigenvalue weighted by molar-refractivity contribution is 5.94. The number of anilines is 3. The standard InChI is InChI=1S/C39H26N2O/c1-2-11-30(12-3-1)39-40-37-16-8-15-36(38(37)42-39)29-19-21-33(22-20-29)41(34-23-17-27-9-4-6-13-31(27)25-34)35-24-18-28-10-5-7-14-32(28)26-35/h1-26H. The van der Waals surface area contributed by atoms with E-state index in [1.54, 1.807) is 0 Å². The normalized spacial score (nSPS) is 11.3. The van der Waals surface area contributed by atoms with Crippen molar-refractivity contribution in [3.8, 4) is 22.6 Å². The van der Waals surface area contributed by atoms with E-state index in [4.69, 9.17) is 9.40 Å². The molecule has 0 radical (unpaired) electrons. The number of hydrogen-bond acceptors (Lipinski definition) is 3. The lowest BCUT2D eigenvalue weighted by atomic mass is 10.0. The Kier molecular flexibility index (Phi) is 5.79. The summed E-state index contributed by atoms with van der Waals surface area (Å²) in [5, 5.41) is 4.88. The van der Waals surface area contributed by atoms with Crippen LogP contribution in [0.25, 0.3) is 55.2 Å². The number of nitrogens with zero attached hydrogens (tertiary/aromatic N) is 2. The molecule has 0 saturated carbocycles. The van der Waals surface area contributed by atoms with E-state index in [1.807, 2.05) is 42.5 Å². The molecule has 198 valence electrons. The molecule has 0 saturated heterocycles. The number of para-hydroxylation sites is 1. The van der Waals surface area contributed by atoms with Crippen molar-refractivity contribution in [3.63, 3.8) is 0 Å². The Morgan fingerprint density at radius 2 is 1.00 bits per heavy atom. The van der Waals surface area contributed by atoms with Crippen LogP contribution in [0.15, 0.2) is 162 Å². The van der Waals surface area contributed by atoms with Crippen LogP contribution in [0.3, 0.4) is 0 Å². The molecule has 0 unspecified atom stereocenters. The van der Waals surface area contributed by atoms with Crippen LogP contribution < -0.4 is 4.90 Å². The summed E-state index contributed by atoms with van der Waals surface area (Å²) in [4.78, 5) is 7.09. The molecule has 0 N–H and O–H groups in total. The Balaban J connectivity index is 1.23.